The molecule has 124 valence electrons. The largest absolute Gasteiger partial charge is 0.207 e. The van der Waals surface area contributed by atoms with Crippen molar-refractivity contribution in [1.29, 1.82) is 0 Å². The normalized spacial score (nSPS) is 11.7. The van der Waals surface area contributed by atoms with Gasteiger partial charge >= 0.3 is 0 Å². The van der Waals surface area contributed by atoms with Crippen molar-refractivity contribution >= 4 is 34.9 Å². The van der Waals surface area contributed by atoms with Crippen LogP contribution in [0.5, 0.6) is 0 Å². The molecule has 0 spiro atoms. The van der Waals surface area contributed by atoms with Gasteiger partial charge in [0.2, 0.25) is 0 Å². The van der Waals surface area contributed by atoms with Gasteiger partial charge in [-0.3, -0.25) is 0 Å². The standard InChI is InChI=1S/C14H2BF9/c15-5-3-1(7(17)11(21)13(23)9(3)19)2-4(6(5)16)10(20)14(24)12(22)8(2)18/h15H2. The zero-order chi connectivity index (χ0) is 18.1. The van der Waals surface area contributed by atoms with E-state index in [-0.39, 0.29) is 0 Å². The zero-order valence-electron chi connectivity index (χ0n) is 11.4. The molecule has 0 heterocycles. The van der Waals surface area contributed by atoms with E-state index in [9.17, 15) is 39.5 Å². The molecule has 10 heteroatoms. The van der Waals surface area contributed by atoms with Crippen LogP contribution >= 0.6 is 0 Å². The maximum atomic E-state index is 14.2. The lowest BCUT2D eigenvalue weighted by atomic mass is 9.85. The Labute approximate surface area is 127 Å². The molecule has 0 atom stereocenters. The summed E-state index contributed by atoms with van der Waals surface area (Å²) in [5, 5.41) is -5.79. The molecule has 0 radical (unpaired) electrons. The number of hydrogen-bond acceptors (Lipinski definition) is 0. The highest BCUT2D eigenvalue weighted by molar-refractivity contribution is 6.41. The van der Waals surface area contributed by atoms with Crippen LogP contribution in [0.4, 0.5) is 39.5 Å². The summed E-state index contributed by atoms with van der Waals surface area (Å²) in [7, 11) is 0.732. The first-order valence-electron chi connectivity index (χ1n) is 6.20. The maximum Gasteiger partial charge on any atom is 0.198 e. The molecule has 0 aliphatic heterocycles. The van der Waals surface area contributed by atoms with Crippen LogP contribution in [0.15, 0.2) is 0 Å². The van der Waals surface area contributed by atoms with Gasteiger partial charge in [0, 0.05) is 16.2 Å². The second kappa shape index (κ2) is 5.05. The average molecular weight is 352 g/mol. The maximum absolute atomic E-state index is 14.2. The SMILES string of the molecule is Bc1c(F)c2c(F)c(F)c(F)c(F)c2c2c(F)c(F)c(F)c(F)c12. The minimum Gasteiger partial charge on any atom is -0.207 e. The first-order valence-corrected chi connectivity index (χ1v) is 6.20. The Bertz CT molecular complexity index is 974. The third-order valence-electron chi connectivity index (χ3n) is 3.71. The van der Waals surface area contributed by atoms with E-state index in [1.54, 1.807) is 0 Å². The van der Waals surface area contributed by atoms with Crippen LogP contribution in [0.2, 0.25) is 0 Å². The van der Waals surface area contributed by atoms with Gasteiger partial charge in [0.1, 0.15) is 13.7 Å². The monoisotopic (exact) mass is 352 g/mol. The van der Waals surface area contributed by atoms with Crippen LogP contribution in [0.3, 0.4) is 0 Å². The molecule has 3 rings (SSSR count). The second-order valence-corrected chi connectivity index (χ2v) is 4.95. The molecule has 3 aromatic carbocycles. The van der Waals surface area contributed by atoms with Crippen molar-refractivity contribution in [2.24, 2.45) is 0 Å². The summed E-state index contributed by atoms with van der Waals surface area (Å²) in [5.41, 5.74) is -0.933. The van der Waals surface area contributed by atoms with Gasteiger partial charge in [0.05, 0.1) is 5.39 Å². The fourth-order valence-electron chi connectivity index (χ4n) is 2.59. The highest BCUT2D eigenvalue weighted by atomic mass is 19.2. The smallest absolute Gasteiger partial charge is 0.198 e. The van der Waals surface area contributed by atoms with E-state index >= 15 is 0 Å². The molecule has 0 fully saturated rings. The summed E-state index contributed by atoms with van der Waals surface area (Å²) >= 11 is 0. The molecule has 0 unspecified atom stereocenters. The second-order valence-electron chi connectivity index (χ2n) is 4.95. The number of hydrogen-bond donors (Lipinski definition) is 0. The van der Waals surface area contributed by atoms with Gasteiger partial charge in [-0.15, -0.1) is 0 Å². The van der Waals surface area contributed by atoms with Crippen molar-refractivity contribution in [3.05, 3.63) is 52.4 Å². The zero-order valence-corrected chi connectivity index (χ0v) is 11.4. The minimum absolute atomic E-state index is 0.732. The van der Waals surface area contributed by atoms with Gasteiger partial charge in [-0.2, -0.15) is 0 Å². The number of rotatable bonds is 0. The average Bonchev–Trinajstić information content (AvgIpc) is 2.56. The molecule has 0 aliphatic carbocycles. The van der Waals surface area contributed by atoms with E-state index < -0.39 is 79.4 Å². The Balaban J connectivity index is 2.87. The van der Waals surface area contributed by atoms with Gasteiger partial charge in [-0.05, 0) is 5.46 Å². The molecule has 0 bridgehead atoms. The van der Waals surface area contributed by atoms with Gasteiger partial charge in [-0.25, -0.2) is 39.5 Å². The Hall–Kier alpha value is -2.39. The minimum atomic E-state index is -2.44. The van der Waals surface area contributed by atoms with Crippen molar-refractivity contribution in [2.75, 3.05) is 0 Å². The van der Waals surface area contributed by atoms with Crippen molar-refractivity contribution in [3.63, 3.8) is 0 Å². The first-order chi connectivity index (χ1) is 11.1. The van der Waals surface area contributed by atoms with Crippen LogP contribution in [0, 0.1) is 52.4 Å². The van der Waals surface area contributed by atoms with E-state index in [0.29, 0.717) is 0 Å². The topological polar surface area (TPSA) is 0 Å². The molecule has 0 aromatic heterocycles. The molecular formula is C14H2BF9. The number of halogens is 9. The van der Waals surface area contributed by atoms with Crippen LogP contribution in [-0.4, -0.2) is 7.85 Å². The molecule has 0 N–H and O–H groups in total. The molecule has 0 aliphatic rings. The highest BCUT2D eigenvalue weighted by Gasteiger charge is 2.31. The highest BCUT2D eigenvalue weighted by Crippen LogP contribution is 2.37. The van der Waals surface area contributed by atoms with Gasteiger partial charge in [-0.1, -0.05) is 0 Å². The fourth-order valence-corrected chi connectivity index (χ4v) is 2.59. The molecule has 3 aromatic rings. The van der Waals surface area contributed by atoms with E-state index in [1.807, 2.05) is 0 Å². The van der Waals surface area contributed by atoms with Crippen molar-refractivity contribution in [2.45, 2.75) is 0 Å². The molecule has 0 saturated heterocycles. The van der Waals surface area contributed by atoms with E-state index in [2.05, 4.69) is 0 Å². The molecule has 24 heavy (non-hydrogen) atoms. The van der Waals surface area contributed by atoms with Gasteiger partial charge < -0.3 is 0 Å². The lowest BCUT2D eigenvalue weighted by Crippen LogP contribution is -2.17. The lowest BCUT2D eigenvalue weighted by molar-refractivity contribution is 0.413. The van der Waals surface area contributed by atoms with E-state index in [0.717, 1.165) is 7.85 Å². The number of fused-ring (bicyclic) bond motifs is 3. The summed E-state index contributed by atoms with van der Waals surface area (Å²) in [6.07, 6.45) is 0. The van der Waals surface area contributed by atoms with Crippen LogP contribution in [0.1, 0.15) is 0 Å². The van der Waals surface area contributed by atoms with E-state index in [4.69, 9.17) is 0 Å². The summed E-state index contributed by atoms with van der Waals surface area (Å²) in [6, 6.07) is 0. The van der Waals surface area contributed by atoms with Crippen LogP contribution < -0.4 is 5.46 Å². The van der Waals surface area contributed by atoms with E-state index in [1.165, 1.54) is 0 Å². The van der Waals surface area contributed by atoms with Gasteiger partial charge in [0.15, 0.2) is 46.5 Å². The third kappa shape index (κ3) is 1.79. The third-order valence-corrected chi connectivity index (χ3v) is 3.71. The predicted molar refractivity (Wildman–Crippen MR) is 69.3 cm³/mol. The summed E-state index contributed by atoms with van der Waals surface area (Å²) < 4.78 is 123. The lowest BCUT2D eigenvalue weighted by Gasteiger charge is -2.14. The predicted octanol–water partition coefficient (Wildman–Crippen LogP) is 3.50. The van der Waals surface area contributed by atoms with Crippen LogP contribution in [0.25, 0.3) is 21.5 Å². The fraction of sp³-hybridized carbons (Fsp3) is 0. The van der Waals surface area contributed by atoms with Crippen molar-refractivity contribution in [1.82, 2.24) is 0 Å². The van der Waals surface area contributed by atoms with Crippen LogP contribution in [-0.2, 0) is 0 Å². The van der Waals surface area contributed by atoms with Crippen molar-refractivity contribution < 1.29 is 39.5 Å². The number of benzene rings is 3. The van der Waals surface area contributed by atoms with Crippen molar-refractivity contribution in [3.8, 4) is 0 Å². The Morgan fingerprint density at radius 2 is 0.625 bits per heavy atom. The molecular weight excluding hydrogens is 350 g/mol. The summed E-state index contributed by atoms with van der Waals surface area (Å²) in [5.74, 6) is -20.0. The molecule has 0 nitrogen and oxygen atoms in total. The summed E-state index contributed by atoms with van der Waals surface area (Å²) in [4.78, 5) is 0. The molecule has 0 amide bonds. The molecule has 0 saturated carbocycles. The quantitative estimate of drug-likeness (QED) is 0.191. The van der Waals surface area contributed by atoms with Gasteiger partial charge in [0.25, 0.3) is 0 Å². The first kappa shape index (κ1) is 16.5. The Kier molecular flexibility index (Phi) is 3.47. The summed E-state index contributed by atoms with van der Waals surface area (Å²) in [6.45, 7) is 0. The Morgan fingerprint density at radius 1 is 0.333 bits per heavy atom. The Morgan fingerprint density at radius 3 is 1.04 bits per heavy atom.